The minimum atomic E-state index is -0.296. The van der Waals surface area contributed by atoms with Gasteiger partial charge in [0.15, 0.2) is 0 Å². The molecule has 6 heteroatoms. The third kappa shape index (κ3) is 5.23. The molecule has 32 heavy (non-hydrogen) atoms. The molecule has 0 aliphatic rings. The van der Waals surface area contributed by atoms with E-state index in [1.807, 2.05) is 79.9 Å². The number of carbonyl (C=O) groups excluding carboxylic acids is 1. The molecular weight excluding hydrogens is 442 g/mol. The molecule has 0 N–H and O–H groups in total. The quantitative estimate of drug-likeness (QED) is 0.223. The summed E-state index contributed by atoms with van der Waals surface area (Å²) in [7, 11) is 1.41. The fourth-order valence-electron chi connectivity index (χ4n) is 3.30. The van der Waals surface area contributed by atoms with Crippen molar-refractivity contribution in [2.45, 2.75) is 23.7 Å². The molecule has 4 rings (SSSR count). The largest absolute Gasteiger partial charge is 0.489 e. The summed E-state index contributed by atoms with van der Waals surface area (Å²) in [4.78, 5) is 17.5. The van der Waals surface area contributed by atoms with Gasteiger partial charge in [-0.15, -0.1) is 11.8 Å². The summed E-state index contributed by atoms with van der Waals surface area (Å²) < 4.78 is 10.8. The first kappa shape index (κ1) is 22.2. The summed E-state index contributed by atoms with van der Waals surface area (Å²) in [6.45, 7) is 2.31. The van der Waals surface area contributed by atoms with Crippen LogP contribution in [0, 0.1) is 0 Å². The second-order valence-electron chi connectivity index (χ2n) is 7.27. The van der Waals surface area contributed by atoms with Crippen molar-refractivity contribution in [1.29, 1.82) is 0 Å². The third-order valence-corrected chi connectivity index (χ3v) is 6.42. The number of nitrogens with zero attached hydrogens (tertiary/aromatic N) is 1. The number of methoxy groups -OCH3 is 1. The number of carbonyl (C=O) groups is 1. The normalized spacial score (nSPS) is 11.8. The maximum atomic E-state index is 11.9. The lowest BCUT2D eigenvalue weighted by molar-refractivity contribution is -0.139. The second kappa shape index (κ2) is 10.1. The standard InChI is InChI=1S/C26H22ClNO3S/c1-17(26(29)30-2)32-25-6-4-3-5-23(25)20-13-19-9-12-22(14-24(19)28-15-20)31-16-18-7-10-21(27)11-8-18/h3-15,17H,16H2,1-2H3. The molecule has 1 unspecified atom stereocenters. The van der Waals surface area contributed by atoms with Gasteiger partial charge in [0.1, 0.15) is 17.6 Å². The molecule has 1 heterocycles. The van der Waals surface area contributed by atoms with Gasteiger partial charge in [0.05, 0.1) is 12.6 Å². The molecule has 0 saturated carbocycles. The number of esters is 1. The monoisotopic (exact) mass is 463 g/mol. The van der Waals surface area contributed by atoms with E-state index in [1.165, 1.54) is 18.9 Å². The molecule has 1 atom stereocenters. The van der Waals surface area contributed by atoms with Crippen LogP contribution in [0.3, 0.4) is 0 Å². The highest BCUT2D eigenvalue weighted by atomic mass is 35.5. The van der Waals surface area contributed by atoms with Crippen LogP contribution >= 0.6 is 23.4 Å². The first-order valence-corrected chi connectivity index (χ1v) is 11.4. The maximum absolute atomic E-state index is 11.9. The van der Waals surface area contributed by atoms with Crippen LogP contribution in [0.25, 0.3) is 22.0 Å². The molecule has 4 nitrogen and oxygen atoms in total. The fraction of sp³-hybridized carbons (Fsp3) is 0.154. The topological polar surface area (TPSA) is 48.4 Å². The molecule has 4 aromatic rings. The zero-order valence-electron chi connectivity index (χ0n) is 17.7. The molecular formula is C26H22ClNO3S. The maximum Gasteiger partial charge on any atom is 0.318 e. The van der Waals surface area contributed by atoms with E-state index in [-0.39, 0.29) is 11.2 Å². The lowest BCUT2D eigenvalue weighted by atomic mass is 10.1. The van der Waals surface area contributed by atoms with Crippen LogP contribution in [-0.4, -0.2) is 23.3 Å². The van der Waals surface area contributed by atoms with E-state index >= 15 is 0 Å². The van der Waals surface area contributed by atoms with E-state index in [2.05, 4.69) is 11.1 Å². The Morgan fingerprint density at radius 2 is 1.84 bits per heavy atom. The van der Waals surface area contributed by atoms with Gasteiger partial charge in [0.2, 0.25) is 0 Å². The SMILES string of the molecule is COC(=O)C(C)Sc1ccccc1-c1cnc2cc(OCc3ccc(Cl)cc3)ccc2c1. The van der Waals surface area contributed by atoms with Crippen molar-refractivity contribution >= 4 is 40.2 Å². The smallest absolute Gasteiger partial charge is 0.318 e. The van der Waals surface area contributed by atoms with Crippen LogP contribution < -0.4 is 4.74 Å². The van der Waals surface area contributed by atoms with Crippen LogP contribution in [0.4, 0.5) is 0 Å². The van der Waals surface area contributed by atoms with Crippen LogP contribution in [0.2, 0.25) is 5.02 Å². The van der Waals surface area contributed by atoms with Crippen molar-refractivity contribution in [3.63, 3.8) is 0 Å². The number of halogens is 1. The van der Waals surface area contributed by atoms with Crippen molar-refractivity contribution in [2.24, 2.45) is 0 Å². The Labute approximate surface area is 196 Å². The molecule has 162 valence electrons. The molecule has 1 aromatic heterocycles. The van der Waals surface area contributed by atoms with Gasteiger partial charge in [-0.3, -0.25) is 9.78 Å². The van der Waals surface area contributed by atoms with Gasteiger partial charge in [0, 0.05) is 33.1 Å². The van der Waals surface area contributed by atoms with Gasteiger partial charge >= 0.3 is 5.97 Å². The summed E-state index contributed by atoms with van der Waals surface area (Å²) in [5.41, 5.74) is 3.93. The van der Waals surface area contributed by atoms with Gasteiger partial charge < -0.3 is 9.47 Å². The molecule has 0 fully saturated rings. The molecule has 0 aliphatic heterocycles. The Hall–Kier alpha value is -3.02. The molecule has 0 amide bonds. The third-order valence-electron chi connectivity index (χ3n) is 5.01. The Kier molecular flexibility index (Phi) is 6.98. The fourth-order valence-corrected chi connectivity index (χ4v) is 4.47. The summed E-state index contributed by atoms with van der Waals surface area (Å²) in [6.07, 6.45) is 1.85. The first-order chi connectivity index (χ1) is 15.5. The number of benzene rings is 3. The number of hydrogen-bond acceptors (Lipinski definition) is 5. The van der Waals surface area contributed by atoms with Crippen molar-refractivity contribution in [2.75, 3.05) is 7.11 Å². The lowest BCUT2D eigenvalue weighted by Crippen LogP contribution is -2.14. The van der Waals surface area contributed by atoms with Gasteiger partial charge in [-0.05, 0) is 54.4 Å². The van der Waals surface area contributed by atoms with Gasteiger partial charge in [-0.1, -0.05) is 41.9 Å². The molecule has 0 saturated heterocycles. The van der Waals surface area contributed by atoms with Crippen molar-refractivity contribution < 1.29 is 14.3 Å². The molecule has 0 bridgehead atoms. The van der Waals surface area contributed by atoms with Crippen LogP contribution in [-0.2, 0) is 16.1 Å². The van der Waals surface area contributed by atoms with E-state index in [4.69, 9.17) is 21.1 Å². The predicted octanol–water partition coefficient (Wildman–Crippen LogP) is 6.79. The average Bonchev–Trinajstić information content (AvgIpc) is 2.83. The Bertz CT molecular complexity index is 1240. The number of rotatable bonds is 7. The highest BCUT2D eigenvalue weighted by Crippen LogP contribution is 2.35. The van der Waals surface area contributed by atoms with Gasteiger partial charge in [-0.2, -0.15) is 0 Å². The lowest BCUT2D eigenvalue weighted by Gasteiger charge is -2.13. The zero-order chi connectivity index (χ0) is 22.5. The molecule has 0 spiro atoms. The van der Waals surface area contributed by atoms with Crippen LogP contribution in [0.15, 0.2) is 83.9 Å². The number of fused-ring (bicyclic) bond motifs is 1. The van der Waals surface area contributed by atoms with Gasteiger partial charge in [-0.25, -0.2) is 0 Å². The highest BCUT2D eigenvalue weighted by Gasteiger charge is 2.17. The highest BCUT2D eigenvalue weighted by molar-refractivity contribution is 8.00. The van der Waals surface area contributed by atoms with Crippen molar-refractivity contribution in [3.05, 3.63) is 89.6 Å². The Balaban J connectivity index is 1.55. The van der Waals surface area contributed by atoms with Crippen LogP contribution in [0.1, 0.15) is 12.5 Å². The van der Waals surface area contributed by atoms with E-state index in [0.717, 1.165) is 38.2 Å². The minimum absolute atomic E-state index is 0.243. The van der Waals surface area contributed by atoms with E-state index in [1.54, 1.807) is 0 Å². The Morgan fingerprint density at radius 3 is 2.62 bits per heavy atom. The van der Waals surface area contributed by atoms with Crippen molar-refractivity contribution in [3.8, 4) is 16.9 Å². The first-order valence-electron chi connectivity index (χ1n) is 10.1. The molecule has 3 aromatic carbocycles. The van der Waals surface area contributed by atoms with Crippen LogP contribution in [0.5, 0.6) is 5.75 Å². The molecule has 0 radical (unpaired) electrons. The van der Waals surface area contributed by atoms with Gasteiger partial charge in [0.25, 0.3) is 0 Å². The number of aromatic nitrogens is 1. The number of hydrogen-bond donors (Lipinski definition) is 0. The Morgan fingerprint density at radius 1 is 1.06 bits per heavy atom. The summed E-state index contributed by atoms with van der Waals surface area (Å²) >= 11 is 7.42. The summed E-state index contributed by atoms with van der Waals surface area (Å²) in [5.74, 6) is 0.517. The second-order valence-corrected chi connectivity index (χ2v) is 9.09. The average molecular weight is 464 g/mol. The van der Waals surface area contributed by atoms with E-state index in [0.29, 0.717) is 11.6 Å². The van der Waals surface area contributed by atoms with Crippen molar-refractivity contribution in [1.82, 2.24) is 4.98 Å². The predicted molar refractivity (Wildman–Crippen MR) is 130 cm³/mol. The zero-order valence-corrected chi connectivity index (χ0v) is 19.3. The number of thioether (sulfide) groups is 1. The summed E-state index contributed by atoms with van der Waals surface area (Å²) in [6, 6.07) is 23.6. The summed E-state index contributed by atoms with van der Waals surface area (Å²) in [5, 5.41) is 1.43. The van der Waals surface area contributed by atoms with E-state index in [9.17, 15) is 4.79 Å². The number of pyridine rings is 1. The molecule has 0 aliphatic carbocycles. The number of ether oxygens (including phenoxy) is 2. The van der Waals surface area contributed by atoms with E-state index < -0.39 is 0 Å². The minimum Gasteiger partial charge on any atom is -0.489 e.